The van der Waals surface area contributed by atoms with Gasteiger partial charge in [-0.1, -0.05) is 37.0 Å². The fraction of sp³-hybridized carbons (Fsp3) is 0.500. The number of nitrogen functional groups attached to an aromatic ring is 1. The molecule has 0 fully saturated rings. The predicted molar refractivity (Wildman–Crippen MR) is 80.2 cm³/mol. The lowest BCUT2D eigenvalue weighted by molar-refractivity contribution is 0.342. The minimum atomic E-state index is -3.73. The maximum atomic E-state index is 12.6. The number of halogens is 2. The Balaban J connectivity index is 3.42. The van der Waals surface area contributed by atoms with Crippen molar-refractivity contribution in [1.82, 2.24) is 4.31 Å². The molecule has 0 aliphatic heterocycles. The van der Waals surface area contributed by atoms with Gasteiger partial charge in [0, 0.05) is 18.3 Å². The molecule has 0 aromatic heterocycles. The van der Waals surface area contributed by atoms with E-state index in [1.165, 1.54) is 16.4 Å². The third kappa shape index (κ3) is 3.34. The van der Waals surface area contributed by atoms with Crippen molar-refractivity contribution >= 4 is 38.9 Å². The first-order chi connectivity index (χ1) is 8.75. The molecule has 0 saturated carbocycles. The Labute approximate surface area is 124 Å². The highest BCUT2D eigenvalue weighted by Gasteiger charge is 2.31. The average molecular weight is 325 g/mol. The summed E-state index contributed by atoms with van der Waals surface area (Å²) in [6, 6.07) is 2.66. The van der Waals surface area contributed by atoms with Crippen molar-refractivity contribution in [3.05, 3.63) is 22.2 Å². The number of nitrogens with zero attached hydrogens (tertiary/aromatic N) is 1. The van der Waals surface area contributed by atoms with Crippen molar-refractivity contribution in [3.63, 3.8) is 0 Å². The fourth-order valence-corrected chi connectivity index (χ4v) is 4.76. The molecule has 0 saturated heterocycles. The summed E-state index contributed by atoms with van der Waals surface area (Å²) in [7, 11) is -3.73. The molecule has 1 aromatic rings. The number of rotatable bonds is 5. The molecule has 0 radical (unpaired) electrons. The molecule has 0 heterocycles. The van der Waals surface area contributed by atoms with Crippen LogP contribution in [0.5, 0.6) is 0 Å². The van der Waals surface area contributed by atoms with Crippen molar-refractivity contribution in [3.8, 4) is 0 Å². The minimum Gasteiger partial charge on any atom is -0.399 e. The predicted octanol–water partition coefficient (Wildman–Crippen LogP) is 3.38. The molecule has 0 aliphatic carbocycles. The number of nitrogens with two attached hydrogens (primary N) is 1. The third-order valence-electron chi connectivity index (χ3n) is 2.98. The smallest absolute Gasteiger partial charge is 0.246 e. The zero-order valence-corrected chi connectivity index (χ0v) is 13.5. The number of anilines is 1. The van der Waals surface area contributed by atoms with Gasteiger partial charge in [0.25, 0.3) is 0 Å². The summed E-state index contributed by atoms with van der Waals surface area (Å²) >= 11 is 12.0. The normalized spacial score (nSPS) is 13.8. The maximum absolute atomic E-state index is 12.6. The average Bonchev–Trinajstić information content (AvgIpc) is 2.27. The van der Waals surface area contributed by atoms with Crippen molar-refractivity contribution in [2.45, 2.75) is 38.1 Å². The summed E-state index contributed by atoms with van der Waals surface area (Å²) in [5.74, 6) is 0. The summed E-state index contributed by atoms with van der Waals surface area (Å²) < 4.78 is 26.7. The van der Waals surface area contributed by atoms with E-state index in [1.54, 1.807) is 6.92 Å². The molecule has 2 N–H and O–H groups in total. The van der Waals surface area contributed by atoms with E-state index < -0.39 is 10.0 Å². The highest BCUT2D eigenvalue weighted by molar-refractivity contribution is 7.89. The summed E-state index contributed by atoms with van der Waals surface area (Å²) in [5.41, 5.74) is 5.92. The third-order valence-corrected chi connectivity index (χ3v) is 5.99. The SMILES string of the molecule is CCC(C)N(CC)S(=O)(=O)c1c(Cl)cc(N)cc1Cl. The van der Waals surface area contributed by atoms with Crippen LogP contribution in [0.3, 0.4) is 0 Å². The van der Waals surface area contributed by atoms with E-state index in [0.717, 1.165) is 0 Å². The van der Waals surface area contributed by atoms with Crippen LogP contribution in [0.4, 0.5) is 5.69 Å². The molecule has 1 unspecified atom stereocenters. The van der Waals surface area contributed by atoms with Crippen molar-refractivity contribution in [2.24, 2.45) is 0 Å². The van der Waals surface area contributed by atoms with Crippen molar-refractivity contribution in [1.29, 1.82) is 0 Å². The summed E-state index contributed by atoms with van der Waals surface area (Å²) in [5, 5.41) is 0.0958. The molecular weight excluding hydrogens is 307 g/mol. The maximum Gasteiger partial charge on any atom is 0.246 e. The van der Waals surface area contributed by atoms with Gasteiger partial charge >= 0.3 is 0 Å². The van der Waals surface area contributed by atoms with Crippen LogP contribution in [0, 0.1) is 0 Å². The van der Waals surface area contributed by atoms with Gasteiger partial charge in [-0.25, -0.2) is 8.42 Å². The Bertz CT molecular complexity index is 538. The Hall–Kier alpha value is -0.490. The lowest BCUT2D eigenvalue weighted by atomic mass is 10.3. The minimum absolute atomic E-state index is 0.0479. The number of sulfonamides is 1. The molecule has 4 nitrogen and oxygen atoms in total. The highest BCUT2D eigenvalue weighted by atomic mass is 35.5. The van der Waals surface area contributed by atoms with Crippen LogP contribution in [0.1, 0.15) is 27.2 Å². The van der Waals surface area contributed by atoms with E-state index in [4.69, 9.17) is 28.9 Å². The zero-order chi connectivity index (χ0) is 14.8. The number of hydrogen-bond donors (Lipinski definition) is 1. The molecule has 0 amide bonds. The van der Waals surface area contributed by atoms with Crippen molar-refractivity contribution < 1.29 is 8.42 Å². The summed E-state index contributed by atoms with van der Waals surface area (Å²) in [6.45, 7) is 5.91. The second-order valence-electron chi connectivity index (χ2n) is 4.28. The van der Waals surface area contributed by atoms with E-state index in [9.17, 15) is 8.42 Å². The molecule has 0 bridgehead atoms. The van der Waals surface area contributed by atoms with Crippen LogP contribution in [0.25, 0.3) is 0 Å². The first kappa shape index (κ1) is 16.6. The summed E-state index contributed by atoms with van der Waals surface area (Å²) in [4.78, 5) is -0.0767. The fourth-order valence-electron chi connectivity index (χ4n) is 1.87. The van der Waals surface area contributed by atoms with Gasteiger partial charge in [-0.2, -0.15) is 4.31 Å². The molecule has 108 valence electrons. The van der Waals surface area contributed by atoms with Gasteiger partial charge in [-0.3, -0.25) is 0 Å². The van der Waals surface area contributed by atoms with Gasteiger partial charge in [0.2, 0.25) is 10.0 Å². The van der Waals surface area contributed by atoms with Crippen LogP contribution in [-0.4, -0.2) is 25.3 Å². The zero-order valence-electron chi connectivity index (χ0n) is 11.2. The summed E-state index contributed by atoms with van der Waals surface area (Å²) in [6.07, 6.45) is 0.706. The van der Waals surface area contributed by atoms with Gasteiger partial charge in [-0.15, -0.1) is 0 Å². The Morgan fingerprint density at radius 3 is 2.11 bits per heavy atom. The van der Waals surface area contributed by atoms with Crippen LogP contribution in [0.2, 0.25) is 10.0 Å². The molecule has 19 heavy (non-hydrogen) atoms. The first-order valence-electron chi connectivity index (χ1n) is 6.02. The van der Waals surface area contributed by atoms with Crippen LogP contribution >= 0.6 is 23.2 Å². The lowest BCUT2D eigenvalue weighted by Gasteiger charge is -2.27. The van der Waals surface area contributed by atoms with Gasteiger partial charge in [0.15, 0.2) is 0 Å². The van der Waals surface area contributed by atoms with E-state index in [1.807, 2.05) is 13.8 Å². The largest absolute Gasteiger partial charge is 0.399 e. The van der Waals surface area contributed by atoms with Gasteiger partial charge in [0.1, 0.15) is 4.90 Å². The second kappa shape index (κ2) is 6.31. The quantitative estimate of drug-likeness (QED) is 0.844. The van der Waals surface area contributed by atoms with Crippen LogP contribution in [0.15, 0.2) is 17.0 Å². The van der Waals surface area contributed by atoms with Crippen LogP contribution in [-0.2, 0) is 10.0 Å². The van der Waals surface area contributed by atoms with Gasteiger partial charge in [-0.05, 0) is 25.5 Å². The molecule has 7 heteroatoms. The topological polar surface area (TPSA) is 63.4 Å². The van der Waals surface area contributed by atoms with Crippen LogP contribution < -0.4 is 5.73 Å². The Kier molecular flexibility index (Phi) is 5.50. The van der Waals surface area contributed by atoms with E-state index >= 15 is 0 Å². The molecule has 1 aromatic carbocycles. The Morgan fingerprint density at radius 1 is 1.26 bits per heavy atom. The monoisotopic (exact) mass is 324 g/mol. The molecular formula is C12H18Cl2N2O2S. The van der Waals surface area contributed by atoms with Gasteiger partial charge in [0.05, 0.1) is 10.0 Å². The Morgan fingerprint density at radius 2 is 1.74 bits per heavy atom. The highest BCUT2D eigenvalue weighted by Crippen LogP contribution is 2.34. The second-order valence-corrected chi connectivity index (χ2v) is 6.92. The number of hydrogen-bond acceptors (Lipinski definition) is 3. The molecule has 1 atom stereocenters. The number of benzene rings is 1. The van der Waals surface area contributed by atoms with E-state index in [-0.39, 0.29) is 21.0 Å². The molecule has 1 rings (SSSR count). The standard InChI is InChI=1S/C12H18Cl2N2O2S/c1-4-8(3)16(5-2)19(17,18)12-10(13)6-9(15)7-11(12)14/h6-8H,4-5,15H2,1-3H3. The van der Waals surface area contributed by atoms with E-state index in [0.29, 0.717) is 18.7 Å². The van der Waals surface area contributed by atoms with E-state index in [2.05, 4.69) is 0 Å². The first-order valence-corrected chi connectivity index (χ1v) is 8.21. The van der Waals surface area contributed by atoms with Gasteiger partial charge < -0.3 is 5.73 Å². The molecule has 0 spiro atoms. The molecule has 0 aliphatic rings. The van der Waals surface area contributed by atoms with Crippen molar-refractivity contribution in [2.75, 3.05) is 12.3 Å². The lowest BCUT2D eigenvalue weighted by Crippen LogP contribution is -2.38.